The van der Waals surface area contributed by atoms with Crippen LogP contribution in [0.4, 0.5) is 18.0 Å². The van der Waals surface area contributed by atoms with E-state index in [-0.39, 0.29) is 18.2 Å². The van der Waals surface area contributed by atoms with Gasteiger partial charge in [0.05, 0.1) is 5.56 Å². The molecular weight excluding hydrogens is 441 g/mol. The number of ether oxygens (including phenoxy) is 1. The fourth-order valence-electron chi connectivity index (χ4n) is 4.64. The third-order valence-electron chi connectivity index (χ3n) is 6.43. The number of amides is 1. The lowest BCUT2D eigenvalue weighted by molar-refractivity contribution is -0.137. The van der Waals surface area contributed by atoms with Crippen molar-refractivity contribution in [3.63, 3.8) is 0 Å². The van der Waals surface area contributed by atoms with Crippen molar-refractivity contribution in [3.8, 4) is 0 Å². The second kappa shape index (κ2) is 12.8. The number of unbranched alkanes of at least 4 members (excludes halogenated alkanes) is 6. The van der Waals surface area contributed by atoms with Crippen LogP contribution in [0.3, 0.4) is 0 Å². The Hall–Kier alpha value is -1.76. The molecule has 0 unspecified atom stereocenters. The van der Waals surface area contributed by atoms with Crippen molar-refractivity contribution in [3.05, 3.63) is 35.4 Å². The fourth-order valence-corrected chi connectivity index (χ4v) is 4.64. The van der Waals surface area contributed by atoms with Crippen LogP contribution in [0, 0.1) is 0 Å². The zero-order valence-electron chi connectivity index (χ0n) is 21.6. The van der Waals surface area contributed by atoms with Crippen molar-refractivity contribution in [2.24, 2.45) is 0 Å². The first-order valence-electron chi connectivity index (χ1n) is 12.8. The Morgan fingerprint density at radius 1 is 1.00 bits per heavy atom. The number of hydrogen-bond donors (Lipinski definition) is 0. The molecule has 2 rings (SSSR count). The van der Waals surface area contributed by atoms with Gasteiger partial charge in [0, 0.05) is 31.7 Å². The van der Waals surface area contributed by atoms with E-state index in [4.69, 9.17) is 4.74 Å². The van der Waals surface area contributed by atoms with Gasteiger partial charge in [-0.25, -0.2) is 4.79 Å². The van der Waals surface area contributed by atoms with E-state index >= 15 is 0 Å². The van der Waals surface area contributed by atoms with Crippen molar-refractivity contribution in [2.45, 2.75) is 110 Å². The fraction of sp³-hybridized carbons (Fsp3) is 0.741. The molecule has 2 atom stereocenters. The summed E-state index contributed by atoms with van der Waals surface area (Å²) in [5.41, 5.74) is -0.248. The molecule has 1 amide bonds. The van der Waals surface area contributed by atoms with E-state index in [2.05, 4.69) is 18.7 Å². The summed E-state index contributed by atoms with van der Waals surface area (Å²) in [5, 5.41) is 0. The third kappa shape index (κ3) is 9.12. The Morgan fingerprint density at radius 3 is 2.12 bits per heavy atom. The van der Waals surface area contributed by atoms with Gasteiger partial charge in [-0.2, -0.15) is 13.2 Å². The van der Waals surface area contributed by atoms with Crippen molar-refractivity contribution >= 4 is 6.09 Å². The van der Waals surface area contributed by atoms with E-state index in [0.29, 0.717) is 19.6 Å². The Balaban J connectivity index is 2.07. The van der Waals surface area contributed by atoms with Crippen molar-refractivity contribution in [1.82, 2.24) is 9.80 Å². The highest BCUT2D eigenvalue weighted by Crippen LogP contribution is 2.34. The van der Waals surface area contributed by atoms with E-state index in [9.17, 15) is 18.0 Å². The highest BCUT2D eigenvalue weighted by molar-refractivity contribution is 5.68. The molecule has 0 bridgehead atoms. The number of piperazine rings is 1. The minimum atomic E-state index is -4.33. The SMILES string of the molecule is CCCCCCCCC[C@@H](c1ccc(C(F)(F)F)cc1)N1CCN(C(=O)OC(C)(C)C)C[C@@H]1C. The van der Waals surface area contributed by atoms with E-state index in [0.717, 1.165) is 24.8 Å². The highest BCUT2D eigenvalue weighted by atomic mass is 19.4. The number of hydrogen-bond acceptors (Lipinski definition) is 3. The Kier molecular flexibility index (Phi) is 10.7. The number of carbonyl (C=O) groups is 1. The van der Waals surface area contributed by atoms with Gasteiger partial charge in [0.25, 0.3) is 0 Å². The molecule has 4 nitrogen and oxygen atoms in total. The van der Waals surface area contributed by atoms with Crippen LogP contribution in [0.25, 0.3) is 0 Å². The van der Waals surface area contributed by atoms with E-state index in [1.807, 2.05) is 20.8 Å². The van der Waals surface area contributed by atoms with Crippen LogP contribution < -0.4 is 0 Å². The first-order chi connectivity index (χ1) is 15.9. The van der Waals surface area contributed by atoms with Crippen LogP contribution >= 0.6 is 0 Å². The molecular formula is C27H43F3N2O2. The largest absolute Gasteiger partial charge is 0.444 e. The Labute approximate surface area is 203 Å². The van der Waals surface area contributed by atoms with E-state index in [1.165, 1.54) is 44.2 Å². The number of carbonyl (C=O) groups excluding carboxylic acids is 1. The molecule has 0 N–H and O–H groups in total. The van der Waals surface area contributed by atoms with Crippen LogP contribution in [0.5, 0.6) is 0 Å². The summed E-state index contributed by atoms with van der Waals surface area (Å²) < 4.78 is 44.8. The molecule has 0 saturated carbocycles. The molecule has 0 radical (unpaired) electrons. The molecule has 1 fully saturated rings. The molecule has 0 aromatic heterocycles. The molecule has 0 aliphatic carbocycles. The zero-order chi connectivity index (χ0) is 25.4. The van der Waals surface area contributed by atoms with Gasteiger partial charge in [-0.05, 0) is 51.8 Å². The average Bonchev–Trinajstić information content (AvgIpc) is 2.74. The Morgan fingerprint density at radius 2 is 1.59 bits per heavy atom. The second-order valence-corrected chi connectivity index (χ2v) is 10.6. The van der Waals surface area contributed by atoms with Gasteiger partial charge >= 0.3 is 12.3 Å². The highest BCUT2D eigenvalue weighted by Gasteiger charge is 2.34. The topological polar surface area (TPSA) is 32.8 Å². The summed E-state index contributed by atoms with van der Waals surface area (Å²) in [7, 11) is 0. The molecule has 1 saturated heterocycles. The standard InChI is InChI=1S/C27H43F3N2O2/c1-6-7-8-9-10-11-12-13-24(22-14-16-23(17-15-22)27(28,29)30)32-19-18-31(20-21(32)2)25(33)34-26(3,4)5/h14-17,21,24H,6-13,18-20H2,1-5H3/t21-,24-/m0/s1. The van der Waals surface area contributed by atoms with Crippen LogP contribution in [-0.4, -0.2) is 47.2 Å². The average molecular weight is 485 g/mol. The lowest BCUT2D eigenvalue weighted by Gasteiger charge is -2.44. The number of benzene rings is 1. The predicted molar refractivity (Wildman–Crippen MR) is 131 cm³/mol. The second-order valence-electron chi connectivity index (χ2n) is 10.6. The zero-order valence-corrected chi connectivity index (χ0v) is 21.6. The number of alkyl halides is 3. The van der Waals surface area contributed by atoms with Gasteiger partial charge in [-0.1, -0.05) is 64.0 Å². The quantitative estimate of drug-likeness (QED) is 0.317. The van der Waals surface area contributed by atoms with Crippen LogP contribution in [0.15, 0.2) is 24.3 Å². The summed E-state index contributed by atoms with van der Waals surface area (Å²) in [6.07, 6.45) is 4.63. The predicted octanol–water partition coefficient (Wildman–Crippen LogP) is 7.83. The lowest BCUT2D eigenvalue weighted by Crippen LogP contribution is -2.55. The van der Waals surface area contributed by atoms with Crippen molar-refractivity contribution in [2.75, 3.05) is 19.6 Å². The maximum absolute atomic E-state index is 13.1. The molecule has 0 spiro atoms. The van der Waals surface area contributed by atoms with Gasteiger partial charge in [0.2, 0.25) is 0 Å². The van der Waals surface area contributed by atoms with Crippen molar-refractivity contribution < 1.29 is 22.7 Å². The molecule has 34 heavy (non-hydrogen) atoms. The molecule has 1 heterocycles. The van der Waals surface area contributed by atoms with E-state index in [1.54, 1.807) is 17.0 Å². The smallest absolute Gasteiger partial charge is 0.416 e. The molecule has 1 aromatic rings. The normalized spacial score (nSPS) is 18.7. The maximum Gasteiger partial charge on any atom is 0.416 e. The number of halogens is 3. The summed E-state index contributed by atoms with van der Waals surface area (Å²) in [5.74, 6) is 0. The van der Waals surface area contributed by atoms with Gasteiger partial charge in [-0.3, -0.25) is 4.90 Å². The molecule has 1 aliphatic heterocycles. The molecule has 1 aromatic carbocycles. The molecule has 7 heteroatoms. The van der Waals surface area contributed by atoms with Crippen molar-refractivity contribution in [1.29, 1.82) is 0 Å². The maximum atomic E-state index is 13.1. The molecule has 1 aliphatic rings. The minimum Gasteiger partial charge on any atom is -0.444 e. The van der Waals surface area contributed by atoms with Gasteiger partial charge in [-0.15, -0.1) is 0 Å². The number of nitrogens with zero attached hydrogens (tertiary/aromatic N) is 2. The monoisotopic (exact) mass is 484 g/mol. The summed E-state index contributed by atoms with van der Waals surface area (Å²) in [6.45, 7) is 11.6. The summed E-state index contributed by atoms with van der Waals surface area (Å²) in [4.78, 5) is 16.6. The first-order valence-corrected chi connectivity index (χ1v) is 12.8. The van der Waals surface area contributed by atoms with Crippen LogP contribution in [0.1, 0.15) is 103 Å². The van der Waals surface area contributed by atoms with Crippen LogP contribution in [0.2, 0.25) is 0 Å². The van der Waals surface area contributed by atoms with Gasteiger partial charge in [0.1, 0.15) is 5.60 Å². The van der Waals surface area contributed by atoms with Gasteiger partial charge < -0.3 is 9.64 Å². The first kappa shape index (κ1) is 28.5. The Bertz CT molecular complexity index is 744. The number of rotatable bonds is 10. The van der Waals surface area contributed by atoms with Crippen LogP contribution in [-0.2, 0) is 10.9 Å². The lowest BCUT2D eigenvalue weighted by atomic mass is 9.95. The molecule has 194 valence electrons. The summed E-state index contributed by atoms with van der Waals surface area (Å²) in [6, 6.07) is 5.75. The minimum absolute atomic E-state index is 0.0358. The summed E-state index contributed by atoms with van der Waals surface area (Å²) >= 11 is 0. The van der Waals surface area contributed by atoms with Gasteiger partial charge in [0.15, 0.2) is 0 Å². The third-order valence-corrected chi connectivity index (χ3v) is 6.43. The van der Waals surface area contributed by atoms with E-state index < -0.39 is 17.3 Å².